The van der Waals surface area contributed by atoms with Crippen molar-refractivity contribution in [3.05, 3.63) is 12.1 Å². The van der Waals surface area contributed by atoms with Crippen LogP contribution in [0.25, 0.3) is 0 Å². The molecule has 0 aromatic carbocycles. The van der Waals surface area contributed by atoms with Crippen LogP contribution in [0.2, 0.25) is 0 Å². The van der Waals surface area contributed by atoms with Crippen molar-refractivity contribution in [1.82, 2.24) is 0 Å². The fraction of sp³-hybridized carbons (Fsp3) is 0.600. The SMILES string of the molecule is FC(F)=C(F)OC(F)(C(F)(F)F)C(F)(F)I. The van der Waals surface area contributed by atoms with E-state index in [9.17, 15) is 39.5 Å². The van der Waals surface area contributed by atoms with Gasteiger partial charge in [0.15, 0.2) is 0 Å². The summed E-state index contributed by atoms with van der Waals surface area (Å²) in [5.74, 6) is -5.88. The lowest BCUT2D eigenvalue weighted by Gasteiger charge is -2.30. The maximum Gasteiger partial charge on any atom is 0.468 e. The Kier molecular flexibility index (Phi) is 4.39. The third kappa shape index (κ3) is 3.07. The van der Waals surface area contributed by atoms with Gasteiger partial charge in [-0.2, -0.15) is 39.5 Å². The fourth-order valence-electron chi connectivity index (χ4n) is 0.438. The van der Waals surface area contributed by atoms with Gasteiger partial charge in [0.05, 0.1) is 0 Å². The largest absolute Gasteiger partial charge is 0.468 e. The van der Waals surface area contributed by atoms with Crippen LogP contribution in [0.4, 0.5) is 39.5 Å². The minimum atomic E-state index is -6.40. The van der Waals surface area contributed by atoms with Crippen molar-refractivity contribution in [3.63, 3.8) is 0 Å². The lowest BCUT2D eigenvalue weighted by atomic mass is 10.3. The lowest BCUT2D eigenvalue weighted by molar-refractivity contribution is -0.368. The van der Waals surface area contributed by atoms with E-state index in [1.165, 1.54) is 0 Å². The van der Waals surface area contributed by atoms with Crippen molar-refractivity contribution in [2.24, 2.45) is 0 Å². The highest BCUT2D eigenvalue weighted by molar-refractivity contribution is 14.1. The third-order valence-electron chi connectivity index (χ3n) is 1.11. The third-order valence-corrected chi connectivity index (χ3v) is 1.80. The number of ether oxygens (including phenoxy) is 1. The van der Waals surface area contributed by atoms with Gasteiger partial charge in [0, 0.05) is 22.6 Å². The molecule has 0 saturated heterocycles. The topological polar surface area (TPSA) is 9.23 Å². The number of rotatable bonds is 3. The zero-order valence-electron chi connectivity index (χ0n) is 6.69. The molecule has 0 aliphatic rings. The van der Waals surface area contributed by atoms with Gasteiger partial charge in [-0.25, -0.2) is 0 Å². The van der Waals surface area contributed by atoms with Gasteiger partial charge < -0.3 is 4.74 Å². The molecule has 11 heteroatoms. The molecule has 0 N–H and O–H groups in total. The average molecular weight is 374 g/mol. The second kappa shape index (κ2) is 4.49. The molecule has 0 heterocycles. The van der Waals surface area contributed by atoms with Crippen molar-refractivity contribution in [2.75, 3.05) is 0 Å². The number of hydrogen-bond donors (Lipinski definition) is 0. The molecule has 1 nitrogen and oxygen atoms in total. The highest BCUT2D eigenvalue weighted by Gasteiger charge is 2.74. The van der Waals surface area contributed by atoms with Crippen LogP contribution in [0.5, 0.6) is 0 Å². The zero-order chi connectivity index (χ0) is 13.4. The van der Waals surface area contributed by atoms with Crippen LogP contribution in [0, 0.1) is 0 Å². The molecule has 96 valence electrons. The maximum absolute atomic E-state index is 12.7. The van der Waals surface area contributed by atoms with Crippen LogP contribution >= 0.6 is 22.6 Å². The Morgan fingerprint density at radius 1 is 0.875 bits per heavy atom. The Hall–Kier alpha value is -0.360. The summed E-state index contributed by atoms with van der Waals surface area (Å²) in [4.78, 5) is 0. The van der Waals surface area contributed by atoms with Crippen molar-refractivity contribution >= 4 is 22.6 Å². The highest BCUT2D eigenvalue weighted by atomic mass is 127. The van der Waals surface area contributed by atoms with Crippen molar-refractivity contribution in [1.29, 1.82) is 0 Å². The Morgan fingerprint density at radius 2 is 1.25 bits per heavy atom. The van der Waals surface area contributed by atoms with E-state index < -0.39 is 28.1 Å². The second-order valence-electron chi connectivity index (χ2n) is 2.23. The molecule has 1 unspecified atom stereocenters. The van der Waals surface area contributed by atoms with Crippen LogP contribution in [-0.2, 0) is 4.74 Å². The molecule has 16 heavy (non-hydrogen) atoms. The van der Waals surface area contributed by atoms with Gasteiger partial charge in [0.25, 0.3) is 0 Å². The van der Waals surface area contributed by atoms with Gasteiger partial charge in [0.1, 0.15) is 0 Å². The first-order chi connectivity index (χ1) is 6.83. The number of alkyl halides is 7. The molecule has 0 amide bonds. The first kappa shape index (κ1) is 15.6. The predicted molar refractivity (Wildman–Crippen MR) is 40.3 cm³/mol. The summed E-state index contributed by atoms with van der Waals surface area (Å²) in [6.07, 6.45) is -9.89. The summed E-state index contributed by atoms with van der Waals surface area (Å²) in [7, 11) is 0. The second-order valence-corrected chi connectivity index (χ2v) is 3.58. The Bertz CT molecular complexity index is 271. The van der Waals surface area contributed by atoms with Gasteiger partial charge in [-0.1, -0.05) is 0 Å². The van der Waals surface area contributed by atoms with E-state index in [-0.39, 0.29) is 22.6 Å². The molecule has 0 aromatic rings. The average Bonchev–Trinajstić information content (AvgIpc) is 1.99. The van der Waals surface area contributed by atoms with Crippen LogP contribution in [-0.4, -0.2) is 16.0 Å². The Labute approximate surface area is 95.4 Å². The fourth-order valence-corrected chi connectivity index (χ4v) is 0.854. The molecule has 0 radical (unpaired) electrons. The quantitative estimate of drug-likeness (QED) is 0.310. The summed E-state index contributed by atoms with van der Waals surface area (Å²) in [5.41, 5.74) is 0. The summed E-state index contributed by atoms with van der Waals surface area (Å²) in [5, 5.41) is 0. The van der Waals surface area contributed by atoms with Gasteiger partial charge >= 0.3 is 28.1 Å². The summed E-state index contributed by atoms with van der Waals surface area (Å²) in [6.45, 7) is 0. The first-order valence-electron chi connectivity index (χ1n) is 3.05. The first-order valence-corrected chi connectivity index (χ1v) is 4.13. The van der Waals surface area contributed by atoms with E-state index in [1.54, 1.807) is 0 Å². The molecular formula is C5F9IO. The van der Waals surface area contributed by atoms with Gasteiger partial charge in [-0.3, -0.25) is 0 Å². The number of hydrogen-bond acceptors (Lipinski definition) is 1. The van der Waals surface area contributed by atoms with E-state index in [2.05, 4.69) is 4.74 Å². The number of halogens is 10. The normalized spacial score (nSPS) is 16.6. The molecular weight excluding hydrogens is 374 g/mol. The van der Waals surface area contributed by atoms with Crippen LogP contribution < -0.4 is 0 Å². The molecule has 0 spiro atoms. The molecule has 0 aliphatic carbocycles. The molecule has 0 fully saturated rings. The monoisotopic (exact) mass is 374 g/mol. The lowest BCUT2D eigenvalue weighted by Crippen LogP contribution is -2.54. The van der Waals surface area contributed by atoms with Gasteiger partial charge in [-0.05, 0) is 0 Å². The maximum atomic E-state index is 12.7. The Morgan fingerprint density at radius 3 is 1.44 bits per heavy atom. The van der Waals surface area contributed by atoms with E-state index in [0.29, 0.717) is 0 Å². The molecule has 0 aliphatic heterocycles. The summed E-state index contributed by atoms with van der Waals surface area (Å²) in [6, 6.07) is -3.36. The molecule has 0 bridgehead atoms. The van der Waals surface area contributed by atoms with E-state index in [4.69, 9.17) is 0 Å². The zero-order valence-corrected chi connectivity index (χ0v) is 8.85. The predicted octanol–water partition coefficient (Wildman–Crippen LogP) is 4.29. The van der Waals surface area contributed by atoms with Crippen molar-refractivity contribution in [3.8, 4) is 0 Å². The standard InChI is InChI=1S/C5F9IO/c6-1(7)2(8)16-3(9,4(10,11)12)5(13,14)15. The minimum absolute atomic E-state index is 0.350. The highest BCUT2D eigenvalue weighted by Crippen LogP contribution is 2.50. The minimum Gasteiger partial charge on any atom is -0.416 e. The Balaban J connectivity index is 5.39. The van der Waals surface area contributed by atoms with E-state index in [0.717, 1.165) is 0 Å². The van der Waals surface area contributed by atoms with Gasteiger partial charge in [-0.15, -0.1) is 0 Å². The molecule has 0 saturated carbocycles. The van der Waals surface area contributed by atoms with Crippen LogP contribution in [0.3, 0.4) is 0 Å². The molecule has 1 atom stereocenters. The molecule has 0 aromatic heterocycles. The van der Waals surface area contributed by atoms with Crippen molar-refractivity contribution in [2.45, 2.75) is 16.0 Å². The molecule has 0 rings (SSSR count). The summed E-state index contributed by atoms with van der Waals surface area (Å²) >= 11 is -0.350. The van der Waals surface area contributed by atoms with Crippen LogP contribution in [0.1, 0.15) is 0 Å². The van der Waals surface area contributed by atoms with E-state index in [1.807, 2.05) is 0 Å². The van der Waals surface area contributed by atoms with Crippen molar-refractivity contribution < 1.29 is 44.3 Å². The van der Waals surface area contributed by atoms with E-state index >= 15 is 0 Å². The smallest absolute Gasteiger partial charge is 0.416 e. The van der Waals surface area contributed by atoms with Gasteiger partial charge in [0.2, 0.25) is 0 Å². The van der Waals surface area contributed by atoms with Crippen LogP contribution in [0.15, 0.2) is 12.1 Å². The summed E-state index contributed by atoms with van der Waals surface area (Å²) < 4.78 is 104.